The van der Waals surface area contributed by atoms with Crippen LogP contribution in [0, 0.1) is 0 Å². The average molecular weight is 386 g/mol. The van der Waals surface area contributed by atoms with Gasteiger partial charge in [0.15, 0.2) is 0 Å². The fraction of sp³-hybridized carbons (Fsp3) is 0.200. The van der Waals surface area contributed by atoms with E-state index in [9.17, 15) is 0 Å². The number of para-hydroxylation sites is 2. The van der Waals surface area contributed by atoms with Crippen molar-refractivity contribution in [1.29, 1.82) is 0 Å². The van der Waals surface area contributed by atoms with Crippen molar-refractivity contribution in [3.63, 3.8) is 0 Å². The van der Waals surface area contributed by atoms with Gasteiger partial charge in [-0.3, -0.25) is 0 Å². The Labute approximate surface area is 130 Å². The molecule has 100 valence electrons. The minimum Gasteiger partial charge on any atom is -0.492 e. The molecule has 0 radical (unpaired) electrons. The summed E-state index contributed by atoms with van der Waals surface area (Å²) in [7, 11) is 0. The van der Waals surface area contributed by atoms with Crippen LogP contribution in [0.15, 0.2) is 57.5 Å². The van der Waals surface area contributed by atoms with Crippen molar-refractivity contribution in [2.24, 2.45) is 0 Å². The SMILES string of the molecule is Brc1ccccc1OCCCOc1ccccc1Br. The van der Waals surface area contributed by atoms with E-state index in [0.29, 0.717) is 13.2 Å². The molecule has 0 aliphatic carbocycles. The Morgan fingerprint density at radius 2 is 1.11 bits per heavy atom. The van der Waals surface area contributed by atoms with Gasteiger partial charge in [-0.15, -0.1) is 0 Å². The monoisotopic (exact) mass is 384 g/mol. The smallest absolute Gasteiger partial charge is 0.133 e. The number of hydrogen-bond acceptors (Lipinski definition) is 2. The minimum atomic E-state index is 0.632. The predicted molar refractivity (Wildman–Crippen MR) is 83.9 cm³/mol. The highest BCUT2D eigenvalue weighted by molar-refractivity contribution is 9.10. The van der Waals surface area contributed by atoms with Crippen LogP contribution in [-0.4, -0.2) is 13.2 Å². The Hall–Kier alpha value is -1.000. The summed E-state index contributed by atoms with van der Waals surface area (Å²) in [6.45, 7) is 1.26. The van der Waals surface area contributed by atoms with Crippen molar-refractivity contribution in [3.05, 3.63) is 57.5 Å². The Kier molecular flexibility index (Phi) is 5.73. The Balaban J connectivity index is 1.71. The van der Waals surface area contributed by atoms with E-state index >= 15 is 0 Å². The zero-order valence-electron chi connectivity index (χ0n) is 10.3. The average Bonchev–Trinajstić information content (AvgIpc) is 2.42. The van der Waals surface area contributed by atoms with E-state index in [-0.39, 0.29) is 0 Å². The first-order chi connectivity index (χ1) is 9.27. The number of halogens is 2. The first kappa shape index (κ1) is 14.4. The van der Waals surface area contributed by atoms with Gasteiger partial charge < -0.3 is 9.47 Å². The maximum absolute atomic E-state index is 5.67. The summed E-state index contributed by atoms with van der Waals surface area (Å²) in [5.41, 5.74) is 0. The largest absolute Gasteiger partial charge is 0.492 e. The summed E-state index contributed by atoms with van der Waals surface area (Å²) in [6.07, 6.45) is 0.836. The van der Waals surface area contributed by atoms with Crippen molar-refractivity contribution < 1.29 is 9.47 Å². The zero-order valence-corrected chi connectivity index (χ0v) is 13.5. The summed E-state index contributed by atoms with van der Waals surface area (Å²) in [6, 6.07) is 15.7. The van der Waals surface area contributed by atoms with Crippen LogP contribution < -0.4 is 9.47 Å². The van der Waals surface area contributed by atoms with Crippen LogP contribution in [-0.2, 0) is 0 Å². The molecule has 0 atom stereocenters. The van der Waals surface area contributed by atoms with Gasteiger partial charge in [0, 0.05) is 6.42 Å². The highest BCUT2D eigenvalue weighted by atomic mass is 79.9. The second-order valence-electron chi connectivity index (χ2n) is 3.91. The van der Waals surface area contributed by atoms with Crippen molar-refractivity contribution in [2.45, 2.75) is 6.42 Å². The van der Waals surface area contributed by atoms with Gasteiger partial charge >= 0.3 is 0 Å². The fourth-order valence-electron chi connectivity index (χ4n) is 1.55. The van der Waals surface area contributed by atoms with Gasteiger partial charge in [0.1, 0.15) is 11.5 Å². The van der Waals surface area contributed by atoms with E-state index in [2.05, 4.69) is 31.9 Å². The molecule has 0 bridgehead atoms. The van der Waals surface area contributed by atoms with Gasteiger partial charge in [0.05, 0.1) is 22.2 Å². The molecule has 0 saturated carbocycles. The lowest BCUT2D eigenvalue weighted by molar-refractivity contribution is 0.246. The molecule has 2 nitrogen and oxygen atoms in total. The molecule has 19 heavy (non-hydrogen) atoms. The number of ether oxygens (including phenoxy) is 2. The number of hydrogen-bond donors (Lipinski definition) is 0. The molecule has 0 spiro atoms. The van der Waals surface area contributed by atoms with E-state index in [1.54, 1.807) is 0 Å². The van der Waals surface area contributed by atoms with Gasteiger partial charge in [0.2, 0.25) is 0 Å². The van der Waals surface area contributed by atoms with Gasteiger partial charge in [-0.2, -0.15) is 0 Å². The van der Waals surface area contributed by atoms with Crippen LogP contribution in [0.2, 0.25) is 0 Å². The van der Waals surface area contributed by atoms with E-state index in [1.807, 2.05) is 48.5 Å². The van der Waals surface area contributed by atoms with Gasteiger partial charge in [-0.05, 0) is 56.1 Å². The van der Waals surface area contributed by atoms with Crippen molar-refractivity contribution >= 4 is 31.9 Å². The molecule has 0 heterocycles. The molecule has 0 aliphatic rings. The van der Waals surface area contributed by atoms with Crippen LogP contribution in [0.1, 0.15) is 6.42 Å². The van der Waals surface area contributed by atoms with Crippen LogP contribution >= 0.6 is 31.9 Å². The van der Waals surface area contributed by atoms with Crippen LogP contribution in [0.4, 0.5) is 0 Å². The molecule has 2 aromatic carbocycles. The van der Waals surface area contributed by atoms with Crippen molar-refractivity contribution in [2.75, 3.05) is 13.2 Å². The maximum atomic E-state index is 5.67. The Bertz CT molecular complexity index is 482. The molecule has 0 aliphatic heterocycles. The summed E-state index contributed by atoms with van der Waals surface area (Å²) < 4.78 is 13.3. The molecule has 4 heteroatoms. The second-order valence-corrected chi connectivity index (χ2v) is 5.62. The summed E-state index contributed by atoms with van der Waals surface area (Å²) in [4.78, 5) is 0. The Morgan fingerprint density at radius 3 is 1.53 bits per heavy atom. The third kappa shape index (κ3) is 4.55. The summed E-state index contributed by atoms with van der Waals surface area (Å²) >= 11 is 6.90. The normalized spacial score (nSPS) is 10.2. The number of benzene rings is 2. The fourth-order valence-corrected chi connectivity index (χ4v) is 2.35. The van der Waals surface area contributed by atoms with Crippen molar-refractivity contribution in [3.8, 4) is 11.5 Å². The lowest BCUT2D eigenvalue weighted by Gasteiger charge is -2.10. The van der Waals surface area contributed by atoms with E-state index in [4.69, 9.17) is 9.47 Å². The first-order valence-corrected chi connectivity index (χ1v) is 7.60. The molecular formula is C15H14Br2O2. The zero-order chi connectivity index (χ0) is 13.5. The summed E-state index contributed by atoms with van der Waals surface area (Å²) in [5, 5.41) is 0. The highest BCUT2D eigenvalue weighted by Crippen LogP contribution is 2.25. The van der Waals surface area contributed by atoms with E-state index < -0.39 is 0 Å². The predicted octanol–water partition coefficient (Wildman–Crippen LogP) is 5.06. The van der Waals surface area contributed by atoms with Crippen molar-refractivity contribution in [1.82, 2.24) is 0 Å². The topological polar surface area (TPSA) is 18.5 Å². The van der Waals surface area contributed by atoms with Crippen LogP contribution in [0.5, 0.6) is 11.5 Å². The third-order valence-corrected chi connectivity index (χ3v) is 3.79. The third-order valence-electron chi connectivity index (χ3n) is 2.48. The number of rotatable bonds is 6. The van der Waals surface area contributed by atoms with Gasteiger partial charge in [-0.1, -0.05) is 24.3 Å². The van der Waals surface area contributed by atoms with E-state index in [1.165, 1.54) is 0 Å². The standard InChI is InChI=1S/C15H14Br2O2/c16-12-6-1-3-8-14(12)18-10-5-11-19-15-9-4-2-7-13(15)17/h1-4,6-9H,5,10-11H2. The molecule has 2 aromatic rings. The van der Waals surface area contributed by atoms with E-state index in [0.717, 1.165) is 26.9 Å². The molecule has 0 fully saturated rings. The summed E-state index contributed by atoms with van der Waals surface area (Å²) in [5.74, 6) is 1.73. The molecule has 0 unspecified atom stereocenters. The maximum Gasteiger partial charge on any atom is 0.133 e. The second kappa shape index (κ2) is 7.56. The Morgan fingerprint density at radius 1 is 0.684 bits per heavy atom. The molecule has 2 rings (SSSR count). The molecular weight excluding hydrogens is 372 g/mol. The molecule has 0 aromatic heterocycles. The quantitative estimate of drug-likeness (QED) is 0.647. The first-order valence-electron chi connectivity index (χ1n) is 6.02. The lowest BCUT2D eigenvalue weighted by atomic mass is 10.3. The minimum absolute atomic E-state index is 0.632. The molecule has 0 N–H and O–H groups in total. The highest BCUT2D eigenvalue weighted by Gasteiger charge is 2.00. The van der Waals surface area contributed by atoms with Gasteiger partial charge in [-0.25, -0.2) is 0 Å². The molecule has 0 amide bonds. The van der Waals surface area contributed by atoms with Crippen LogP contribution in [0.3, 0.4) is 0 Å². The van der Waals surface area contributed by atoms with Gasteiger partial charge in [0.25, 0.3) is 0 Å². The van der Waals surface area contributed by atoms with Crippen LogP contribution in [0.25, 0.3) is 0 Å². The molecule has 0 saturated heterocycles. The lowest BCUT2D eigenvalue weighted by Crippen LogP contribution is -2.05.